The summed E-state index contributed by atoms with van der Waals surface area (Å²) in [5.74, 6) is 1.93. The van der Waals surface area contributed by atoms with Crippen LogP contribution in [0, 0.1) is 0 Å². The molecule has 1 fully saturated rings. The maximum absolute atomic E-state index is 13.2. The molecule has 2 aromatic heterocycles. The lowest BCUT2D eigenvalue weighted by atomic mass is 10.1. The number of fused-ring (bicyclic) bond motifs is 2. The molecule has 4 heterocycles. The summed E-state index contributed by atoms with van der Waals surface area (Å²) in [5.41, 5.74) is 1.19. The Hall–Kier alpha value is -3.94. The highest BCUT2D eigenvalue weighted by Gasteiger charge is 2.35. The Morgan fingerprint density at radius 2 is 1.94 bits per heavy atom. The van der Waals surface area contributed by atoms with Crippen molar-refractivity contribution in [1.29, 1.82) is 0 Å². The number of rotatable bonds is 3. The van der Waals surface area contributed by atoms with E-state index in [2.05, 4.69) is 15.2 Å². The third-order valence-electron chi connectivity index (χ3n) is 5.74. The van der Waals surface area contributed by atoms with Gasteiger partial charge in [-0.2, -0.15) is 0 Å². The summed E-state index contributed by atoms with van der Waals surface area (Å²) in [6, 6.07) is 14.8. The Morgan fingerprint density at radius 1 is 1.03 bits per heavy atom. The number of amides is 1. The standard InChI is InChI=1S/C23H18N4O4/c28-23(15-7-8-18-19(12-15)30-13-29-18)27-11-3-6-17(27)21-25-26-22(31-21)20-16-5-2-1-4-14(16)9-10-24-20/h1-2,4-5,7-10,12,17H,3,6,11,13H2. The van der Waals surface area contributed by atoms with Gasteiger partial charge in [0.05, 0.1) is 0 Å². The molecule has 0 saturated carbocycles. The summed E-state index contributed by atoms with van der Waals surface area (Å²) in [7, 11) is 0. The monoisotopic (exact) mass is 414 g/mol. The Morgan fingerprint density at radius 3 is 2.90 bits per heavy atom. The van der Waals surface area contributed by atoms with E-state index in [9.17, 15) is 4.79 Å². The van der Waals surface area contributed by atoms with Gasteiger partial charge in [0.1, 0.15) is 11.7 Å². The first kappa shape index (κ1) is 17.9. The van der Waals surface area contributed by atoms with E-state index in [1.54, 1.807) is 29.3 Å². The van der Waals surface area contributed by atoms with Gasteiger partial charge in [-0.3, -0.25) is 9.78 Å². The molecule has 1 unspecified atom stereocenters. The van der Waals surface area contributed by atoms with Crippen LogP contribution in [-0.2, 0) is 0 Å². The van der Waals surface area contributed by atoms with Crippen molar-refractivity contribution in [3.8, 4) is 23.1 Å². The van der Waals surface area contributed by atoms with Crippen LogP contribution in [-0.4, -0.2) is 39.3 Å². The number of nitrogens with zero attached hydrogens (tertiary/aromatic N) is 4. The first-order valence-electron chi connectivity index (χ1n) is 10.2. The number of carbonyl (C=O) groups is 1. The van der Waals surface area contributed by atoms with Crippen LogP contribution in [0.2, 0.25) is 0 Å². The quantitative estimate of drug-likeness (QED) is 0.501. The predicted octanol–water partition coefficient (Wildman–Crippen LogP) is 3.99. The van der Waals surface area contributed by atoms with E-state index in [1.807, 2.05) is 30.3 Å². The van der Waals surface area contributed by atoms with E-state index in [1.165, 1.54) is 0 Å². The Bertz CT molecular complexity index is 1300. The van der Waals surface area contributed by atoms with Crippen molar-refractivity contribution in [3.63, 3.8) is 0 Å². The summed E-state index contributed by atoms with van der Waals surface area (Å²) in [5, 5.41) is 10.5. The van der Waals surface area contributed by atoms with Gasteiger partial charge in [0.25, 0.3) is 11.8 Å². The maximum Gasteiger partial charge on any atom is 0.267 e. The number of likely N-dealkylation sites (tertiary alicyclic amines) is 1. The number of pyridine rings is 1. The Kier molecular flexibility index (Phi) is 4.09. The number of hydrogen-bond donors (Lipinski definition) is 0. The summed E-state index contributed by atoms with van der Waals surface area (Å²) < 4.78 is 16.8. The van der Waals surface area contributed by atoms with E-state index in [4.69, 9.17) is 13.9 Å². The fraction of sp³-hybridized carbons (Fsp3) is 0.217. The summed E-state index contributed by atoms with van der Waals surface area (Å²) in [4.78, 5) is 19.4. The average Bonchev–Trinajstić information content (AvgIpc) is 3.57. The molecule has 6 rings (SSSR count). The molecule has 8 heteroatoms. The van der Waals surface area contributed by atoms with E-state index in [0.29, 0.717) is 41.1 Å². The minimum absolute atomic E-state index is 0.0937. The number of ether oxygens (including phenoxy) is 2. The molecule has 31 heavy (non-hydrogen) atoms. The number of carbonyl (C=O) groups excluding carboxylic acids is 1. The van der Waals surface area contributed by atoms with Crippen molar-refractivity contribution in [1.82, 2.24) is 20.1 Å². The summed E-state index contributed by atoms with van der Waals surface area (Å²) in [6.07, 6.45) is 3.36. The van der Waals surface area contributed by atoms with Crippen LogP contribution in [0.25, 0.3) is 22.4 Å². The van der Waals surface area contributed by atoms with Gasteiger partial charge in [0.15, 0.2) is 11.5 Å². The molecule has 0 radical (unpaired) electrons. The van der Waals surface area contributed by atoms with Gasteiger partial charge in [-0.05, 0) is 42.5 Å². The molecule has 8 nitrogen and oxygen atoms in total. The lowest BCUT2D eigenvalue weighted by molar-refractivity contribution is 0.0715. The minimum Gasteiger partial charge on any atom is -0.454 e. The van der Waals surface area contributed by atoms with Crippen LogP contribution >= 0.6 is 0 Å². The van der Waals surface area contributed by atoms with Crippen LogP contribution in [0.3, 0.4) is 0 Å². The highest BCUT2D eigenvalue weighted by molar-refractivity contribution is 5.95. The van der Waals surface area contributed by atoms with Gasteiger partial charge >= 0.3 is 0 Å². The SMILES string of the molecule is O=C(c1ccc2c(c1)OCO2)N1CCCC1c1nnc(-c2nccc3ccccc23)o1. The van der Waals surface area contributed by atoms with Gasteiger partial charge in [-0.25, -0.2) is 0 Å². The molecule has 0 aliphatic carbocycles. The fourth-order valence-electron chi connectivity index (χ4n) is 4.22. The first-order valence-corrected chi connectivity index (χ1v) is 10.2. The van der Waals surface area contributed by atoms with E-state index in [-0.39, 0.29) is 18.7 Å². The number of benzene rings is 2. The van der Waals surface area contributed by atoms with Gasteiger partial charge in [-0.1, -0.05) is 24.3 Å². The Balaban J connectivity index is 1.31. The molecule has 2 aliphatic rings. The van der Waals surface area contributed by atoms with Crippen LogP contribution in [0.15, 0.2) is 59.1 Å². The molecule has 1 saturated heterocycles. The second kappa shape index (κ2) is 7.09. The van der Waals surface area contributed by atoms with Crippen LogP contribution in [0.4, 0.5) is 0 Å². The molecule has 1 atom stereocenters. The second-order valence-corrected chi connectivity index (χ2v) is 7.55. The molecule has 0 N–H and O–H groups in total. The minimum atomic E-state index is -0.269. The van der Waals surface area contributed by atoms with Crippen molar-refractivity contribution in [2.45, 2.75) is 18.9 Å². The molecular formula is C23H18N4O4. The molecule has 154 valence electrons. The summed E-state index contributed by atoms with van der Waals surface area (Å²) >= 11 is 0. The van der Waals surface area contributed by atoms with Crippen LogP contribution in [0.1, 0.15) is 35.1 Å². The summed E-state index contributed by atoms with van der Waals surface area (Å²) in [6.45, 7) is 0.800. The maximum atomic E-state index is 13.2. The smallest absolute Gasteiger partial charge is 0.267 e. The van der Waals surface area contributed by atoms with Gasteiger partial charge in [0.2, 0.25) is 12.7 Å². The largest absolute Gasteiger partial charge is 0.454 e. The molecule has 2 aromatic carbocycles. The zero-order valence-corrected chi connectivity index (χ0v) is 16.5. The van der Waals surface area contributed by atoms with Gasteiger partial charge in [-0.15, -0.1) is 10.2 Å². The third kappa shape index (κ3) is 2.99. The van der Waals surface area contributed by atoms with Crippen LogP contribution in [0.5, 0.6) is 11.5 Å². The van der Waals surface area contributed by atoms with Crippen molar-refractivity contribution in [2.75, 3.05) is 13.3 Å². The lowest BCUT2D eigenvalue weighted by Crippen LogP contribution is -2.30. The van der Waals surface area contributed by atoms with Crippen molar-refractivity contribution < 1.29 is 18.7 Å². The van der Waals surface area contributed by atoms with E-state index in [0.717, 1.165) is 23.6 Å². The van der Waals surface area contributed by atoms with E-state index < -0.39 is 0 Å². The molecule has 1 amide bonds. The molecule has 0 bridgehead atoms. The predicted molar refractivity (Wildman–Crippen MR) is 111 cm³/mol. The number of hydrogen-bond acceptors (Lipinski definition) is 7. The second-order valence-electron chi connectivity index (χ2n) is 7.55. The van der Waals surface area contributed by atoms with Crippen molar-refractivity contribution in [2.24, 2.45) is 0 Å². The number of aromatic nitrogens is 3. The zero-order valence-electron chi connectivity index (χ0n) is 16.5. The molecular weight excluding hydrogens is 396 g/mol. The van der Waals surface area contributed by atoms with Gasteiger partial charge < -0.3 is 18.8 Å². The van der Waals surface area contributed by atoms with Crippen LogP contribution < -0.4 is 9.47 Å². The lowest BCUT2D eigenvalue weighted by Gasteiger charge is -2.22. The Labute approximate surface area is 177 Å². The fourth-order valence-corrected chi connectivity index (χ4v) is 4.22. The van der Waals surface area contributed by atoms with E-state index >= 15 is 0 Å². The highest BCUT2D eigenvalue weighted by Crippen LogP contribution is 2.37. The third-order valence-corrected chi connectivity index (χ3v) is 5.74. The average molecular weight is 414 g/mol. The van der Waals surface area contributed by atoms with Crippen molar-refractivity contribution >= 4 is 16.7 Å². The first-order chi connectivity index (χ1) is 15.3. The zero-order chi connectivity index (χ0) is 20.8. The molecule has 4 aromatic rings. The molecule has 0 spiro atoms. The highest BCUT2D eigenvalue weighted by atomic mass is 16.7. The molecule has 2 aliphatic heterocycles. The normalized spacial score (nSPS) is 17.4. The van der Waals surface area contributed by atoms with Crippen molar-refractivity contribution in [3.05, 3.63) is 66.2 Å². The van der Waals surface area contributed by atoms with Gasteiger partial charge in [0, 0.05) is 23.7 Å². The topological polar surface area (TPSA) is 90.6 Å².